The van der Waals surface area contributed by atoms with Crippen molar-refractivity contribution in [3.8, 4) is 11.4 Å². The number of hydrogen-bond donors (Lipinski definition) is 3. The van der Waals surface area contributed by atoms with Crippen molar-refractivity contribution in [2.24, 2.45) is 0 Å². The number of H-pyrrole nitrogens is 1. The molecule has 30 heavy (non-hydrogen) atoms. The van der Waals surface area contributed by atoms with Gasteiger partial charge in [-0.15, -0.1) is 0 Å². The van der Waals surface area contributed by atoms with Gasteiger partial charge in [0.15, 0.2) is 5.82 Å². The van der Waals surface area contributed by atoms with Crippen LogP contribution >= 0.6 is 0 Å². The SMILES string of the molecule is CCCS(=O)(=O)N1CCC(NC(=O)Nc2ccc(-c3n[nH]c(C4CC4)n3)cc2)CC1. The number of carbonyl (C=O) groups is 1. The van der Waals surface area contributed by atoms with Crippen LogP contribution in [-0.2, 0) is 10.0 Å². The number of benzene rings is 1. The van der Waals surface area contributed by atoms with Gasteiger partial charge in [0.05, 0.1) is 5.75 Å². The minimum absolute atomic E-state index is 0.0357. The number of aromatic nitrogens is 3. The highest BCUT2D eigenvalue weighted by molar-refractivity contribution is 7.89. The summed E-state index contributed by atoms with van der Waals surface area (Å²) < 4.78 is 25.8. The van der Waals surface area contributed by atoms with E-state index in [1.807, 2.05) is 31.2 Å². The molecule has 4 rings (SSSR count). The van der Waals surface area contributed by atoms with E-state index in [0.29, 0.717) is 49.8 Å². The first-order valence-electron chi connectivity index (χ1n) is 10.5. The number of nitrogens with zero attached hydrogens (tertiary/aromatic N) is 3. The molecular weight excluding hydrogens is 404 g/mol. The monoisotopic (exact) mass is 432 g/mol. The van der Waals surface area contributed by atoms with Crippen LogP contribution in [0.5, 0.6) is 0 Å². The number of urea groups is 1. The van der Waals surface area contributed by atoms with Gasteiger partial charge in [-0.05, 0) is 56.4 Å². The Morgan fingerprint density at radius 2 is 1.87 bits per heavy atom. The van der Waals surface area contributed by atoms with E-state index in [2.05, 4.69) is 25.8 Å². The van der Waals surface area contributed by atoms with Crippen molar-refractivity contribution in [1.82, 2.24) is 24.8 Å². The summed E-state index contributed by atoms with van der Waals surface area (Å²) in [5.74, 6) is 2.31. The molecule has 0 radical (unpaired) electrons. The lowest BCUT2D eigenvalue weighted by Crippen LogP contribution is -2.47. The van der Waals surface area contributed by atoms with E-state index in [9.17, 15) is 13.2 Å². The summed E-state index contributed by atoms with van der Waals surface area (Å²) in [5.41, 5.74) is 1.57. The van der Waals surface area contributed by atoms with Gasteiger partial charge in [-0.2, -0.15) is 5.10 Å². The highest BCUT2D eigenvalue weighted by Gasteiger charge is 2.28. The van der Waals surface area contributed by atoms with Crippen molar-refractivity contribution in [3.05, 3.63) is 30.1 Å². The number of rotatable bonds is 7. The number of nitrogens with one attached hydrogen (secondary N) is 3. The molecule has 1 aliphatic carbocycles. The Balaban J connectivity index is 1.26. The maximum absolute atomic E-state index is 12.3. The van der Waals surface area contributed by atoms with Crippen LogP contribution in [0.3, 0.4) is 0 Å². The number of sulfonamides is 1. The van der Waals surface area contributed by atoms with Crippen LogP contribution in [0.2, 0.25) is 0 Å². The maximum atomic E-state index is 12.3. The van der Waals surface area contributed by atoms with E-state index in [4.69, 9.17) is 0 Å². The quantitative estimate of drug-likeness (QED) is 0.621. The van der Waals surface area contributed by atoms with Gasteiger partial charge in [-0.3, -0.25) is 5.10 Å². The van der Waals surface area contributed by atoms with Gasteiger partial charge in [-0.25, -0.2) is 22.5 Å². The molecule has 2 fully saturated rings. The van der Waals surface area contributed by atoms with Crippen LogP contribution < -0.4 is 10.6 Å². The molecule has 9 nitrogen and oxygen atoms in total. The zero-order chi connectivity index (χ0) is 21.1. The van der Waals surface area contributed by atoms with E-state index >= 15 is 0 Å². The minimum Gasteiger partial charge on any atom is -0.335 e. The second-order valence-electron chi connectivity index (χ2n) is 7.98. The molecule has 2 aromatic rings. The molecule has 1 aromatic carbocycles. The second kappa shape index (κ2) is 8.73. The Morgan fingerprint density at radius 3 is 2.50 bits per heavy atom. The Kier molecular flexibility index (Phi) is 6.05. The van der Waals surface area contributed by atoms with E-state index in [-0.39, 0.29) is 17.8 Å². The second-order valence-corrected chi connectivity index (χ2v) is 10.1. The summed E-state index contributed by atoms with van der Waals surface area (Å²) in [6.45, 7) is 2.75. The van der Waals surface area contributed by atoms with Crippen molar-refractivity contribution in [2.75, 3.05) is 24.2 Å². The van der Waals surface area contributed by atoms with Crippen molar-refractivity contribution in [2.45, 2.75) is 51.0 Å². The van der Waals surface area contributed by atoms with E-state index in [0.717, 1.165) is 11.4 Å². The Labute approximate surface area is 176 Å². The fourth-order valence-corrected chi connectivity index (χ4v) is 5.20. The highest BCUT2D eigenvalue weighted by atomic mass is 32.2. The molecular formula is C20H28N6O3S. The van der Waals surface area contributed by atoms with Gasteiger partial charge < -0.3 is 10.6 Å². The van der Waals surface area contributed by atoms with Crippen LogP contribution in [0.4, 0.5) is 10.5 Å². The van der Waals surface area contributed by atoms with Crippen molar-refractivity contribution >= 4 is 21.7 Å². The molecule has 0 bridgehead atoms. The predicted molar refractivity (Wildman–Crippen MR) is 115 cm³/mol. The molecule has 1 saturated carbocycles. The average molecular weight is 433 g/mol. The largest absolute Gasteiger partial charge is 0.335 e. The Hall–Kier alpha value is -2.46. The van der Waals surface area contributed by atoms with E-state index in [1.54, 1.807) is 0 Å². The molecule has 2 heterocycles. The molecule has 1 aromatic heterocycles. The fourth-order valence-electron chi connectivity index (χ4n) is 3.66. The van der Waals surface area contributed by atoms with Crippen molar-refractivity contribution < 1.29 is 13.2 Å². The third-order valence-corrected chi connectivity index (χ3v) is 7.59. The summed E-state index contributed by atoms with van der Waals surface area (Å²) in [5, 5.41) is 13.0. The van der Waals surface area contributed by atoms with Crippen LogP contribution in [-0.4, -0.2) is 58.8 Å². The summed E-state index contributed by atoms with van der Waals surface area (Å²) in [7, 11) is -3.17. The van der Waals surface area contributed by atoms with Gasteiger partial charge >= 0.3 is 6.03 Å². The van der Waals surface area contributed by atoms with Gasteiger partial charge in [0.1, 0.15) is 5.82 Å². The Morgan fingerprint density at radius 1 is 1.17 bits per heavy atom. The van der Waals surface area contributed by atoms with Gasteiger partial charge in [0.2, 0.25) is 10.0 Å². The van der Waals surface area contributed by atoms with Gasteiger partial charge in [-0.1, -0.05) is 6.92 Å². The molecule has 2 aliphatic rings. The highest BCUT2D eigenvalue weighted by Crippen LogP contribution is 2.38. The predicted octanol–water partition coefficient (Wildman–Crippen LogP) is 2.67. The normalized spacial score (nSPS) is 18.3. The van der Waals surface area contributed by atoms with Crippen LogP contribution in [0, 0.1) is 0 Å². The molecule has 0 atom stereocenters. The van der Waals surface area contributed by atoms with Crippen LogP contribution in [0.15, 0.2) is 24.3 Å². The first-order chi connectivity index (χ1) is 14.4. The van der Waals surface area contributed by atoms with E-state index < -0.39 is 10.0 Å². The first-order valence-corrected chi connectivity index (χ1v) is 12.1. The third kappa shape index (κ3) is 4.99. The topological polar surface area (TPSA) is 120 Å². The molecule has 3 N–H and O–H groups in total. The number of carbonyl (C=O) groups excluding carboxylic acids is 1. The molecule has 0 unspecified atom stereocenters. The van der Waals surface area contributed by atoms with Gasteiger partial charge in [0, 0.05) is 36.3 Å². The lowest BCUT2D eigenvalue weighted by atomic mass is 10.1. The molecule has 0 spiro atoms. The summed E-state index contributed by atoms with van der Waals surface area (Å²) in [6.07, 6.45) is 4.17. The Bertz CT molecular complexity index is 976. The number of hydrogen-bond acceptors (Lipinski definition) is 5. The molecule has 162 valence electrons. The van der Waals surface area contributed by atoms with Crippen molar-refractivity contribution in [3.63, 3.8) is 0 Å². The minimum atomic E-state index is -3.17. The number of piperidine rings is 1. The smallest absolute Gasteiger partial charge is 0.319 e. The molecule has 10 heteroatoms. The molecule has 1 saturated heterocycles. The molecule has 1 aliphatic heterocycles. The zero-order valence-corrected chi connectivity index (χ0v) is 17.9. The zero-order valence-electron chi connectivity index (χ0n) is 17.1. The fraction of sp³-hybridized carbons (Fsp3) is 0.550. The maximum Gasteiger partial charge on any atom is 0.319 e. The first kappa shape index (κ1) is 20.8. The standard InChI is InChI=1S/C20H28N6O3S/c1-2-13-30(28,29)26-11-9-17(10-12-26)22-20(27)21-16-7-5-15(6-8-16)19-23-18(24-25-19)14-3-4-14/h5-8,14,17H,2-4,9-13H2,1H3,(H2,21,22,27)(H,23,24,25). The summed E-state index contributed by atoms with van der Waals surface area (Å²) in [4.78, 5) is 16.9. The lowest BCUT2D eigenvalue weighted by Gasteiger charge is -2.31. The number of aromatic amines is 1. The number of anilines is 1. The van der Waals surface area contributed by atoms with Gasteiger partial charge in [0.25, 0.3) is 0 Å². The molecule has 2 amide bonds. The number of amides is 2. The van der Waals surface area contributed by atoms with E-state index in [1.165, 1.54) is 17.1 Å². The van der Waals surface area contributed by atoms with Crippen LogP contribution in [0.1, 0.15) is 50.8 Å². The summed E-state index contributed by atoms with van der Waals surface area (Å²) in [6, 6.07) is 7.08. The lowest BCUT2D eigenvalue weighted by molar-refractivity contribution is 0.238. The van der Waals surface area contributed by atoms with Crippen LogP contribution in [0.25, 0.3) is 11.4 Å². The summed E-state index contributed by atoms with van der Waals surface area (Å²) >= 11 is 0. The third-order valence-electron chi connectivity index (χ3n) is 5.51. The average Bonchev–Trinajstić information content (AvgIpc) is 3.46. The van der Waals surface area contributed by atoms with Crippen molar-refractivity contribution in [1.29, 1.82) is 0 Å².